The van der Waals surface area contributed by atoms with E-state index in [9.17, 15) is 24.6 Å². The molecule has 1 aromatic carbocycles. The Labute approximate surface area is 171 Å². The van der Waals surface area contributed by atoms with Crippen molar-refractivity contribution < 1.29 is 15.0 Å². The van der Waals surface area contributed by atoms with Crippen LogP contribution in [0.4, 0.5) is 0 Å². The van der Waals surface area contributed by atoms with Crippen molar-refractivity contribution in [3.8, 4) is 0 Å². The van der Waals surface area contributed by atoms with E-state index >= 15 is 0 Å². The molecule has 0 unspecified atom stereocenters. The average Bonchev–Trinajstić information content (AvgIpc) is 3.02. The molecular weight excluding hydrogens is 392 g/mol. The van der Waals surface area contributed by atoms with E-state index in [0.29, 0.717) is 22.2 Å². The summed E-state index contributed by atoms with van der Waals surface area (Å²) in [4.78, 5) is 39.7. The Morgan fingerprint density at radius 3 is 2.38 bits per heavy atom. The van der Waals surface area contributed by atoms with Crippen molar-refractivity contribution in [3.63, 3.8) is 0 Å². The summed E-state index contributed by atoms with van der Waals surface area (Å²) in [7, 11) is 0. The summed E-state index contributed by atoms with van der Waals surface area (Å²) >= 11 is 1.33. The van der Waals surface area contributed by atoms with Crippen LogP contribution in [0.15, 0.2) is 39.9 Å². The molecule has 154 valence electrons. The average molecular weight is 416 g/mol. The van der Waals surface area contributed by atoms with Gasteiger partial charge >= 0.3 is 11.7 Å². The van der Waals surface area contributed by atoms with Crippen LogP contribution in [0.3, 0.4) is 0 Å². The summed E-state index contributed by atoms with van der Waals surface area (Å²) in [6, 6.07) is 8.90. The van der Waals surface area contributed by atoms with Crippen molar-refractivity contribution in [1.82, 2.24) is 9.13 Å². The summed E-state index contributed by atoms with van der Waals surface area (Å²) in [6.45, 7) is 6.32. The summed E-state index contributed by atoms with van der Waals surface area (Å²) < 4.78 is 2.12. The number of carboxylic acid groups (broad SMARTS) is 1. The van der Waals surface area contributed by atoms with Crippen molar-refractivity contribution in [3.05, 3.63) is 67.2 Å². The molecule has 8 heteroatoms. The Kier molecular flexibility index (Phi) is 5.51. The molecule has 0 bridgehead atoms. The van der Waals surface area contributed by atoms with E-state index in [1.54, 1.807) is 31.2 Å². The molecule has 1 atom stereocenters. The molecule has 2 aromatic heterocycles. The van der Waals surface area contributed by atoms with Gasteiger partial charge < -0.3 is 10.2 Å². The maximum atomic E-state index is 13.3. The predicted octanol–water partition coefficient (Wildman–Crippen LogP) is 2.65. The number of fused-ring (bicyclic) bond motifs is 1. The fourth-order valence-electron chi connectivity index (χ4n) is 3.43. The van der Waals surface area contributed by atoms with Crippen molar-refractivity contribution in [1.29, 1.82) is 0 Å². The van der Waals surface area contributed by atoms with Gasteiger partial charge in [-0.2, -0.15) is 0 Å². The molecule has 29 heavy (non-hydrogen) atoms. The SMILES string of the molecule is CCc1sc2c(c1C)c(=O)n(C(C)(C)C(=O)O)c(=O)n2C[C@@H](O)c1ccccc1. The van der Waals surface area contributed by atoms with Crippen LogP contribution in [0.2, 0.25) is 0 Å². The number of hydrogen-bond donors (Lipinski definition) is 2. The smallest absolute Gasteiger partial charge is 0.333 e. The minimum atomic E-state index is -1.73. The first-order chi connectivity index (χ1) is 13.6. The first-order valence-corrected chi connectivity index (χ1v) is 10.2. The van der Waals surface area contributed by atoms with E-state index < -0.39 is 28.9 Å². The molecule has 3 aromatic rings. The van der Waals surface area contributed by atoms with Gasteiger partial charge in [0.25, 0.3) is 5.56 Å². The lowest BCUT2D eigenvalue weighted by Gasteiger charge is -2.24. The normalized spacial score (nSPS) is 13.0. The van der Waals surface area contributed by atoms with Gasteiger partial charge in [0.1, 0.15) is 10.4 Å². The second-order valence-corrected chi connectivity index (χ2v) is 8.59. The number of nitrogens with zero attached hydrogens (tertiary/aromatic N) is 2. The van der Waals surface area contributed by atoms with Crippen LogP contribution in [-0.2, 0) is 23.3 Å². The summed E-state index contributed by atoms with van der Waals surface area (Å²) in [6.07, 6.45) is -0.300. The van der Waals surface area contributed by atoms with E-state index in [1.165, 1.54) is 29.8 Å². The number of aliphatic hydroxyl groups excluding tert-OH is 1. The van der Waals surface area contributed by atoms with Crippen LogP contribution in [-0.4, -0.2) is 25.3 Å². The first-order valence-electron chi connectivity index (χ1n) is 9.35. The zero-order chi connectivity index (χ0) is 21.5. The van der Waals surface area contributed by atoms with Crippen molar-refractivity contribution >= 4 is 27.5 Å². The Bertz CT molecular complexity index is 1190. The van der Waals surface area contributed by atoms with Crippen LogP contribution in [0.5, 0.6) is 0 Å². The monoisotopic (exact) mass is 416 g/mol. The second kappa shape index (κ2) is 7.61. The van der Waals surface area contributed by atoms with Gasteiger partial charge in [0, 0.05) is 4.88 Å². The molecule has 2 N–H and O–H groups in total. The van der Waals surface area contributed by atoms with Gasteiger partial charge in [0.15, 0.2) is 0 Å². The lowest BCUT2D eigenvalue weighted by Crippen LogP contribution is -2.52. The fourth-order valence-corrected chi connectivity index (χ4v) is 4.67. The number of aliphatic hydroxyl groups is 1. The van der Waals surface area contributed by atoms with Crippen LogP contribution in [0.1, 0.15) is 42.9 Å². The molecule has 0 saturated carbocycles. The summed E-state index contributed by atoms with van der Waals surface area (Å²) in [5.41, 5.74) is -1.71. The minimum Gasteiger partial charge on any atom is -0.480 e. The van der Waals surface area contributed by atoms with Gasteiger partial charge in [-0.1, -0.05) is 37.3 Å². The first kappa shape index (κ1) is 21.0. The zero-order valence-electron chi connectivity index (χ0n) is 16.8. The Morgan fingerprint density at radius 2 is 1.83 bits per heavy atom. The topological polar surface area (TPSA) is 102 Å². The summed E-state index contributed by atoms with van der Waals surface area (Å²) in [5, 5.41) is 20.7. The van der Waals surface area contributed by atoms with E-state index in [0.717, 1.165) is 15.0 Å². The molecule has 2 heterocycles. The highest BCUT2D eigenvalue weighted by molar-refractivity contribution is 7.18. The highest BCUT2D eigenvalue weighted by Crippen LogP contribution is 2.30. The van der Waals surface area contributed by atoms with Crippen molar-refractivity contribution in [2.24, 2.45) is 0 Å². The van der Waals surface area contributed by atoms with Crippen LogP contribution in [0, 0.1) is 6.92 Å². The van der Waals surface area contributed by atoms with Crippen LogP contribution >= 0.6 is 11.3 Å². The third-order valence-electron chi connectivity index (χ3n) is 5.25. The maximum Gasteiger partial charge on any atom is 0.333 e. The molecule has 0 amide bonds. The number of hydrogen-bond acceptors (Lipinski definition) is 5. The van der Waals surface area contributed by atoms with E-state index in [-0.39, 0.29) is 6.54 Å². The number of rotatable bonds is 6. The molecular formula is C21H24N2O5S. The van der Waals surface area contributed by atoms with E-state index in [4.69, 9.17) is 0 Å². The van der Waals surface area contributed by atoms with Crippen molar-refractivity contribution in [2.45, 2.75) is 52.3 Å². The molecule has 0 fully saturated rings. The fraction of sp³-hybridized carbons (Fsp3) is 0.381. The molecule has 0 saturated heterocycles. The third kappa shape index (κ3) is 3.42. The van der Waals surface area contributed by atoms with Gasteiger partial charge in [0.05, 0.1) is 18.0 Å². The maximum absolute atomic E-state index is 13.3. The van der Waals surface area contributed by atoms with E-state index in [1.807, 2.05) is 13.0 Å². The number of aryl methyl sites for hydroxylation is 2. The Balaban J connectivity index is 2.35. The number of carbonyl (C=O) groups is 1. The molecule has 0 aliphatic carbocycles. The summed E-state index contributed by atoms with van der Waals surface area (Å²) in [5.74, 6) is -1.28. The van der Waals surface area contributed by atoms with Gasteiger partial charge in [-0.25, -0.2) is 14.2 Å². The van der Waals surface area contributed by atoms with Gasteiger partial charge in [-0.15, -0.1) is 11.3 Å². The minimum absolute atomic E-state index is 0.0849. The van der Waals surface area contributed by atoms with Gasteiger partial charge in [-0.05, 0) is 38.3 Å². The molecule has 0 radical (unpaired) electrons. The van der Waals surface area contributed by atoms with Crippen LogP contribution < -0.4 is 11.2 Å². The number of aliphatic carboxylic acids is 1. The van der Waals surface area contributed by atoms with Gasteiger partial charge in [-0.3, -0.25) is 9.36 Å². The Morgan fingerprint density at radius 1 is 1.21 bits per heavy atom. The number of thiophene rings is 1. The Hall–Kier alpha value is -2.71. The third-order valence-corrected chi connectivity index (χ3v) is 6.71. The molecule has 0 spiro atoms. The number of aromatic nitrogens is 2. The number of benzene rings is 1. The molecule has 0 aliphatic rings. The van der Waals surface area contributed by atoms with E-state index in [2.05, 4.69) is 0 Å². The predicted molar refractivity (Wildman–Crippen MR) is 113 cm³/mol. The standard InChI is InChI=1S/C21H24N2O5S/c1-5-15-12(2)16-17(25)23(21(3,4)19(26)27)20(28)22(18(16)29-15)11-14(24)13-9-7-6-8-10-13/h6-10,14,24H,5,11H2,1-4H3,(H,26,27)/t14-/m1/s1. The second-order valence-electron chi connectivity index (χ2n) is 7.51. The lowest BCUT2D eigenvalue weighted by atomic mass is 10.1. The highest BCUT2D eigenvalue weighted by Gasteiger charge is 2.35. The number of carboxylic acids is 1. The molecule has 3 rings (SSSR count). The largest absolute Gasteiger partial charge is 0.480 e. The quantitative estimate of drug-likeness (QED) is 0.643. The zero-order valence-corrected chi connectivity index (χ0v) is 17.6. The lowest BCUT2D eigenvalue weighted by molar-refractivity contribution is -0.146. The van der Waals surface area contributed by atoms with Crippen LogP contribution in [0.25, 0.3) is 10.2 Å². The molecule has 7 nitrogen and oxygen atoms in total. The highest BCUT2D eigenvalue weighted by atomic mass is 32.1. The molecule has 0 aliphatic heterocycles. The van der Waals surface area contributed by atoms with Gasteiger partial charge in [0.2, 0.25) is 0 Å². The van der Waals surface area contributed by atoms with Crippen molar-refractivity contribution in [2.75, 3.05) is 0 Å².